The lowest BCUT2D eigenvalue weighted by Crippen LogP contribution is -2.41. The zero-order valence-corrected chi connectivity index (χ0v) is 16.7. The van der Waals surface area contributed by atoms with Gasteiger partial charge in [0.25, 0.3) is 0 Å². The highest BCUT2D eigenvalue weighted by Crippen LogP contribution is 2.17. The summed E-state index contributed by atoms with van der Waals surface area (Å²) in [5.74, 6) is 0.0510. The molecule has 0 fully saturated rings. The van der Waals surface area contributed by atoms with Gasteiger partial charge in [-0.15, -0.1) is 24.0 Å². The van der Waals surface area contributed by atoms with Crippen molar-refractivity contribution in [3.8, 4) is 11.5 Å². The minimum Gasteiger partial charge on any atom is -0.492 e. The van der Waals surface area contributed by atoms with Crippen molar-refractivity contribution in [3.05, 3.63) is 60.2 Å². The molecule has 2 rings (SSSR count). The largest absolute Gasteiger partial charge is 0.492 e. The average Bonchev–Trinajstić information content (AvgIpc) is 2.62. The molecule has 0 bridgehead atoms. The second kappa shape index (κ2) is 12.3. The maximum Gasteiger partial charge on any atom is 0.191 e. The highest BCUT2D eigenvalue weighted by molar-refractivity contribution is 14.0. The fourth-order valence-electron chi connectivity index (χ4n) is 2.00. The number of hydrogen-bond acceptors (Lipinski definition) is 3. The number of nitrogens with zero attached hydrogens (tertiary/aromatic N) is 1. The molecule has 0 amide bonds. The van der Waals surface area contributed by atoms with Crippen molar-refractivity contribution in [2.75, 3.05) is 33.4 Å². The number of benzene rings is 2. The lowest BCUT2D eigenvalue weighted by atomic mass is 10.3. The third kappa shape index (κ3) is 7.85. The Balaban J connectivity index is 0.00000338. The van der Waals surface area contributed by atoms with Crippen LogP contribution in [0.1, 0.15) is 0 Å². The van der Waals surface area contributed by atoms with E-state index in [0.717, 1.165) is 17.9 Å². The molecule has 0 aliphatic heterocycles. The smallest absolute Gasteiger partial charge is 0.191 e. The summed E-state index contributed by atoms with van der Waals surface area (Å²) in [4.78, 5) is 4.07. The number of rotatable bonds is 8. The first kappa shape index (κ1) is 21.9. The molecule has 0 saturated heterocycles. The molecule has 0 spiro atoms. The van der Waals surface area contributed by atoms with Gasteiger partial charge in [0.2, 0.25) is 0 Å². The highest BCUT2D eigenvalue weighted by Gasteiger charge is 2.04. The Bertz CT molecular complexity index is 687. The second-order valence-corrected chi connectivity index (χ2v) is 5.01. The van der Waals surface area contributed by atoms with Gasteiger partial charge in [-0.3, -0.25) is 4.99 Å². The Morgan fingerprint density at radius 2 is 1.62 bits per heavy atom. The third-order valence-corrected chi connectivity index (χ3v) is 3.18. The van der Waals surface area contributed by atoms with Gasteiger partial charge in [0.15, 0.2) is 17.5 Å². The van der Waals surface area contributed by atoms with E-state index in [1.807, 2.05) is 30.3 Å². The number of ether oxygens (including phenoxy) is 2. The molecule has 0 unspecified atom stereocenters. The first-order valence-electron chi connectivity index (χ1n) is 7.89. The van der Waals surface area contributed by atoms with Gasteiger partial charge in [0.05, 0.1) is 13.1 Å². The van der Waals surface area contributed by atoms with Gasteiger partial charge in [-0.1, -0.05) is 18.2 Å². The van der Waals surface area contributed by atoms with Crippen LogP contribution in [0.3, 0.4) is 0 Å². The van der Waals surface area contributed by atoms with Crippen LogP contribution in [0.2, 0.25) is 0 Å². The van der Waals surface area contributed by atoms with Crippen LogP contribution in [-0.2, 0) is 0 Å². The van der Waals surface area contributed by atoms with Gasteiger partial charge in [-0.05, 0) is 24.3 Å². The minimum atomic E-state index is -0.722. The van der Waals surface area contributed by atoms with Crippen LogP contribution >= 0.6 is 24.0 Å². The van der Waals surface area contributed by atoms with Gasteiger partial charge in [-0.25, -0.2) is 8.78 Å². The molecule has 0 aliphatic rings. The van der Waals surface area contributed by atoms with Gasteiger partial charge in [0, 0.05) is 13.1 Å². The summed E-state index contributed by atoms with van der Waals surface area (Å²) in [6.07, 6.45) is 0. The molecule has 2 aromatic carbocycles. The SMILES string of the molecule is CN=C(NCCOc1ccccc1)NCCOc1ccc(F)cc1F.I. The molecule has 2 aromatic rings. The minimum absolute atomic E-state index is 0. The average molecular weight is 477 g/mol. The Morgan fingerprint density at radius 1 is 0.962 bits per heavy atom. The molecule has 2 N–H and O–H groups in total. The van der Waals surface area contributed by atoms with Crippen LogP contribution in [-0.4, -0.2) is 39.3 Å². The van der Waals surface area contributed by atoms with Gasteiger partial charge < -0.3 is 20.1 Å². The predicted molar refractivity (Wildman–Crippen MR) is 109 cm³/mol. The Hall–Kier alpha value is -2.10. The first-order valence-corrected chi connectivity index (χ1v) is 7.89. The van der Waals surface area contributed by atoms with E-state index in [2.05, 4.69) is 15.6 Å². The Kier molecular flexibility index (Phi) is 10.4. The fraction of sp³-hybridized carbons (Fsp3) is 0.278. The molecular formula is C18H22F2IN3O2. The van der Waals surface area contributed by atoms with Crippen molar-refractivity contribution >= 4 is 29.9 Å². The summed E-state index contributed by atoms with van der Waals surface area (Å²) in [6, 6.07) is 12.7. The molecule has 0 radical (unpaired) electrons. The van der Waals surface area contributed by atoms with Crippen LogP contribution in [0, 0.1) is 11.6 Å². The van der Waals surface area contributed by atoms with E-state index in [-0.39, 0.29) is 36.3 Å². The van der Waals surface area contributed by atoms with Crippen LogP contribution < -0.4 is 20.1 Å². The topological polar surface area (TPSA) is 54.9 Å². The molecule has 0 heterocycles. The quantitative estimate of drug-likeness (QED) is 0.266. The van der Waals surface area contributed by atoms with Crippen molar-refractivity contribution < 1.29 is 18.3 Å². The number of nitrogens with one attached hydrogen (secondary N) is 2. The second-order valence-electron chi connectivity index (χ2n) is 5.01. The molecule has 0 atom stereocenters. The van der Waals surface area contributed by atoms with E-state index in [1.165, 1.54) is 6.07 Å². The summed E-state index contributed by atoms with van der Waals surface area (Å²) >= 11 is 0. The lowest BCUT2D eigenvalue weighted by Gasteiger charge is -2.13. The van der Waals surface area contributed by atoms with E-state index in [0.29, 0.717) is 25.7 Å². The molecule has 0 aliphatic carbocycles. The van der Waals surface area contributed by atoms with Crippen LogP contribution in [0.5, 0.6) is 11.5 Å². The maximum atomic E-state index is 13.4. The molecule has 142 valence electrons. The van der Waals surface area contributed by atoms with E-state index >= 15 is 0 Å². The van der Waals surface area contributed by atoms with Crippen molar-refractivity contribution in [2.24, 2.45) is 4.99 Å². The van der Waals surface area contributed by atoms with Crippen molar-refractivity contribution in [1.82, 2.24) is 10.6 Å². The summed E-state index contributed by atoms with van der Waals surface area (Å²) in [6.45, 7) is 1.68. The number of hydrogen-bond donors (Lipinski definition) is 2. The lowest BCUT2D eigenvalue weighted by molar-refractivity contribution is 0.303. The van der Waals surface area contributed by atoms with Crippen LogP contribution in [0.4, 0.5) is 8.78 Å². The fourth-order valence-corrected chi connectivity index (χ4v) is 2.00. The molecule has 0 aromatic heterocycles. The number of para-hydroxylation sites is 1. The maximum absolute atomic E-state index is 13.4. The van der Waals surface area contributed by atoms with Gasteiger partial charge in [0.1, 0.15) is 24.8 Å². The molecule has 0 saturated carbocycles. The molecular weight excluding hydrogens is 455 g/mol. The van der Waals surface area contributed by atoms with Crippen molar-refractivity contribution in [2.45, 2.75) is 0 Å². The Morgan fingerprint density at radius 3 is 2.23 bits per heavy atom. The van der Waals surface area contributed by atoms with E-state index in [9.17, 15) is 8.78 Å². The molecule has 5 nitrogen and oxygen atoms in total. The standard InChI is InChI=1S/C18H21F2N3O2.HI/c1-21-18(22-9-11-24-15-5-3-2-4-6-15)23-10-12-25-17-8-7-14(19)13-16(17)20;/h2-8,13H,9-12H2,1H3,(H2,21,22,23);1H. The van der Waals surface area contributed by atoms with Crippen molar-refractivity contribution in [1.29, 1.82) is 0 Å². The zero-order valence-electron chi connectivity index (χ0n) is 14.4. The molecule has 8 heteroatoms. The molecule has 26 heavy (non-hydrogen) atoms. The predicted octanol–water partition coefficient (Wildman–Crippen LogP) is 3.21. The van der Waals surface area contributed by atoms with E-state index in [4.69, 9.17) is 9.47 Å². The number of halogens is 3. The third-order valence-electron chi connectivity index (χ3n) is 3.18. The normalized spacial score (nSPS) is 10.7. The summed E-state index contributed by atoms with van der Waals surface area (Å²) in [7, 11) is 1.65. The Labute approximate surface area is 168 Å². The number of guanidine groups is 1. The summed E-state index contributed by atoms with van der Waals surface area (Å²) in [5.41, 5.74) is 0. The highest BCUT2D eigenvalue weighted by atomic mass is 127. The van der Waals surface area contributed by atoms with Gasteiger partial charge in [-0.2, -0.15) is 0 Å². The van der Waals surface area contributed by atoms with E-state index < -0.39 is 11.6 Å². The first-order chi connectivity index (χ1) is 12.2. The summed E-state index contributed by atoms with van der Waals surface area (Å²) < 4.78 is 37.0. The van der Waals surface area contributed by atoms with Gasteiger partial charge >= 0.3 is 0 Å². The summed E-state index contributed by atoms with van der Waals surface area (Å²) in [5, 5.41) is 6.12. The van der Waals surface area contributed by atoms with Crippen molar-refractivity contribution in [3.63, 3.8) is 0 Å². The monoisotopic (exact) mass is 477 g/mol. The van der Waals surface area contributed by atoms with Crippen LogP contribution in [0.25, 0.3) is 0 Å². The van der Waals surface area contributed by atoms with E-state index in [1.54, 1.807) is 7.05 Å². The van der Waals surface area contributed by atoms with Crippen LogP contribution in [0.15, 0.2) is 53.5 Å². The number of aliphatic imine (C=N–C) groups is 1. The zero-order chi connectivity index (χ0) is 17.9.